The van der Waals surface area contributed by atoms with Crippen molar-refractivity contribution in [1.82, 2.24) is 9.80 Å². The molecule has 1 rings (SSSR count). The Hall–Kier alpha value is -0.590. The average Bonchev–Trinajstić information content (AvgIpc) is 2.29. The molecule has 88 valence electrons. The lowest BCUT2D eigenvalue weighted by molar-refractivity contribution is 0.146. The van der Waals surface area contributed by atoms with Crippen molar-refractivity contribution in [2.24, 2.45) is 0 Å². The van der Waals surface area contributed by atoms with Crippen LogP contribution in [0.1, 0.15) is 33.1 Å². The van der Waals surface area contributed by atoms with Crippen molar-refractivity contribution in [3.63, 3.8) is 0 Å². The highest BCUT2D eigenvalue weighted by atomic mass is 15.2. The van der Waals surface area contributed by atoms with E-state index in [1.807, 2.05) is 13.8 Å². The molecule has 0 aromatic heterocycles. The maximum atomic E-state index is 8.47. The molecule has 1 aliphatic rings. The Balaban J connectivity index is 0.000000921. The molecular weight excluding hydrogens is 186 g/mol. The van der Waals surface area contributed by atoms with Gasteiger partial charge in [0.2, 0.25) is 0 Å². The molecule has 1 fully saturated rings. The van der Waals surface area contributed by atoms with E-state index in [2.05, 4.69) is 30.0 Å². The van der Waals surface area contributed by atoms with E-state index in [9.17, 15) is 0 Å². The summed E-state index contributed by atoms with van der Waals surface area (Å²) in [7, 11) is 4.30. The Kier molecular flexibility index (Phi) is 8.35. The van der Waals surface area contributed by atoms with E-state index in [0.717, 1.165) is 6.54 Å². The summed E-state index contributed by atoms with van der Waals surface area (Å²) in [5.74, 6) is 0. The lowest BCUT2D eigenvalue weighted by Gasteiger charge is -2.34. The third-order valence-corrected chi connectivity index (χ3v) is 2.89. The summed E-state index contributed by atoms with van der Waals surface area (Å²) in [6.45, 7) is 7.31. The summed E-state index contributed by atoms with van der Waals surface area (Å²) in [6.07, 6.45) is 3.15. The second-order valence-corrected chi connectivity index (χ2v) is 3.92. The molecule has 0 bridgehead atoms. The SMILES string of the molecule is CC.CN1CCC(N(C)CCC#N)CC1. The van der Waals surface area contributed by atoms with Crippen molar-refractivity contribution in [1.29, 1.82) is 5.26 Å². The highest BCUT2D eigenvalue weighted by Gasteiger charge is 2.19. The fourth-order valence-electron chi connectivity index (χ4n) is 1.84. The molecule has 15 heavy (non-hydrogen) atoms. The Bertz CT molecular complexity index is 178. The minimum absolute atomic E-state index is 0.656. The molecule has 0 radical (unpaired) electrons. The van der Waals surface area contributed by atoms with Gasteiger partial charge in [0, 0.05) is 19.0 Å². The van der Waals surface area contributed by atoms with Crippen LogP contribution in [0.25, 0.3) is 0 Å². The van der Waals surface area contributed by atoms with Crippen LogP contribution in [-0.4, -0.2) is 49.6 Å². The van der Waals surface area contributed by atoms with Gasteiger partial charge in [-0.25, -0.2) is 0 Å². The standard InChI is InChI=1S/C10H19N3.C2H6/c1-12-8-4-10(5-9-12)13(2)7-3-6-11;1-2/h10H,3-5,7-9H2,1-2H3;1-2H3. The first kappa shape index (κ1) is 14.4. The monoisotopic (exact) mass is 211 g/mol. The highest BCUT2D eigenvalue weighted by molar-refractivity contribution is 4.79. The smallest absolute Gasteiger partial charge is 0.0635 e. The van der Waals surface area contributed by atoms with Crippen LogP contribution in [0.4, 0.5) is 0 Å². The minimum Gasteiger partial charge on any atom is -0.306 e. The number of nitrogens with zero attached hydrogens (tertiary/aromatic N) is 3. The zero-order valence-electron chi connectivity index (χ0n) is 10.7. The van der Waals surface area contributed by atoms with Crippen LogP contribution < -0.4 is 0 Å². The summed E-state index contributed by atoms with van der Waals surface area (Å²) >= 11 is 0. The van der Waals surface area contributed by atoms with E-state index >= 15 is 0 Å². The first-order valence-corrected chi connectivity index (χ1v) is 5.99. The van der Waals surface area contributed by atoms with Crippen molar-refractivity contribution >= 4 is 0 Å². The predicted octanol–water partition coefficient (Wildman–Crippen LogP) is 1.95. The van der Waals surface area contributed by atoms with Gasteiger partial charge in [-0.3, -0.25) is 0 Å². The quantitative estimate of drug-likeness (QED) is 0.715. The third-order valence-electron chi connectivity index (χ3n) is 2.89. The van der Waals surface area contributed by atoms with Gasteiger partial charge in [0.25, 0.3) is 0 Å². The molecular formula is C12H25N3. The Labute approximate surface area is 94.7 Å². The fraction of sp³-hybridized carbons (Fsp3) is 0.917. The largest absolute Gasteiger partial charge is 0.306 e. The van der Waals surface area contributed by atoms with Crippen LogP contribution in [0, 0.1) is 11.3 Å². The van der Waals surface area contributed by atoms with Crippen molar-refractivity contribution in [2.45, 2.75) is 39.2 Å². The lowest BCUT2D eigenvalue weighted by atomic mass is 10.0. The molecule has 1 saturated heterocycles. The van der Waals surface area contributed by atoms with Crippen molar-refractivity contribution < 1.29 is 0 Å². The van der Waals surface area contributed by atoms with Crippen LogP contribution in [-0.2, 0) is 0 Å². The molecule has 0 amide bonds. The maximum absolute atomic E-state index is 8.47. The van der Waals surface area contributed by atoms with Crippen LogP contribution in [0.2, 0.25) is 0 Å². The van der Waals surface area contributed by atoms with Gasteiger partial charge in [0.1, 0.15) is 0 Å². The van der Waals surface area contributed by atoms with E-state index in [4.69, 9.17) is 5.26 Å². The van der Waals surface area contributed by atoms with Gasteiger partial charge in [0.15, 0.2) is 0 Å². The summed E-state index contributed by atoms with van der Waals surface area (Å²) in [4.78, 5) is 4.70. The van der Waals surface area contributed by atoms with E-state index in [1.54, 1.807) is 0 Å². The number of nitriles is 1. The van der Waals surface area contributed by atoms with Crippen molar-refractivity contribution in [2.75, 3.05) is 33.7 Å². The first-order chi connectivity index (χ1) is 7.24. The summed E-state index contributed by atoms with van der Waals surface area (Å²) in [6, 6.07) is 2.89. The minimum atomic E-state index is 0.656. The van der Waals surface area contributed by atoms with Crippen LogP contribution in [0.5, 0.6) is 0 Å². The number of hydrogen-bond acceptors (Lipinski definition) is 3. The third kappa shape index (κ3) is 5.76. The fourth-order valence-corrected chi connectivity index (χ4v) is 1.84. The molecule has 0 N–H and O–H groups in total. The Morgan fingerprint density at radius 2 is 1.87 bits per heavy atom. The molecule has 1 aliphatic heterocycles. The average molecular weight is 211 g/mol. The molecule has 0 unspecified atom stereocenters. The molecule has 1 heterocycles. The van der Waals surface area contributed by atoms with E-state index < -0.39 is 0 Å². The van der Waals surface area contributed by atoms with Gasteiger partial charge in [-0.05, 0) is 40.0 Å². The molecule has 0 atom stereocenters. The van der Waals surface area contributed by atoms with Crippen molar-refractivity contribution in [3.05, 3.63) is 0 Å². The van der Waals surface area contributed by atoms with E-state index in [1.165, 1.54) is 25.9 Å². The zero-order valence-corrected chi connectivity index (χ0v) is 10.7. The first-order valence-electron chi connectivity index (χ1n) is 5.99. The van der Waals surface area contributed by atoms with Crippen molar-refractivity contribution in [3.8, 4) is 6.07 Å². The van der Waals surface area contributed by atoms with E-state index in [0.29, 0.717) is 12.5 Å². The molecule has 0 aromatic carbocycles. The van der Waals surface area contributed by atoms with Gasteiger partial charge in [-0.1, -0.05) is 13.8 Å². The van der Waals surface area contributed by atoms with Gasteiger partial charge >= 0.3 is 0 Å². The predicted molar refractivity (Wildman–Crippen MR) is 64.7 cm³/mol. The topological polar surface area (TPSA) is 30.3 Å². The molecule has 0 spiro atoms. The van der Waals surface area contributed by atoms with Gasteiger partial charge in [-0.2, -0.15) is 5.26 Å². The molecule has 3 nitrogen and oxygen atoms in total. The normalized spacial score (nSPS) is 18.1. The number of rotatable bonds is 3. The van der Waals surface area contributed by atoms with Crippen LogP contribution >= 0.6 is 0 Å². The van der Waals surface area contributed by atoms with Gasteiger partial charge in [0.05, 0.1) is 6.07 Å². The zero-order chi connectivity index (χ0) is 11.7. The summed E-state index contributed by atoms with van der Waals surface area (Å²) in [5.41, 5.74) is 0. The number of likely N-dealkylation sites (tertiary alicyclic amines) is 1. The van der Waals surface area contributed by atoms with Crippen LogP contribution in [0.3, 0.4) is 0 Å². The van der Waals surface area contributed by atoms with Gasteiger partial charge in [-0.15, -0.1) is 0 Å². The molecule has 0 saturated carbocycles. The second kappa shape index (κ2) is 8.70. The lowest BCUT2D eigenvalue weighted by Crippen LogP contribution is -2.42. The van der Waals surface area contributed by atoms with Crippen LogP contribution in [0.15, 0.2) is 0 Å². The summed E-state index contributed by atoms with van der Waals surface area (Å²) < 4.78 is 0. The highest BCUT2D eigenvalue weighted by Crippen LogP contribution is 2.13. The van der Waals surface area contributed by atoms with E-state index in [-0.39, 0.29) is 0 Å². The molecule has 0 aliphatic carbocycles. The summed E-state index contributed by atoms with van der Waals surface area (Å²) in [5, 5.41) is 8.47. The maximum Gasteiger partial charge on any atom is 0.0635 e. The Morgan fingerprint density at radius 3 is 2.33 bits per heavy atom. The molecule has 3 heteroatoms. The number of hydrogen-bond donors (Lipinski definition) is 0. The molecule has 0 aromatic rings. The van der Waals surface area contributed by atoms with Gasteiger partial charge < -0.3 is 9.80 Å². The second-order valence-electron chi connectivity index (χ2n) is 3.92. The number of piperidine rings is 1. The Morgan fingerprint density at radius 1 is 1.33 bits per heavy atom.